The van der Waals surface area contributed by atoms with Crippen molar-refractivity contribution in [2.24, 2.45) is 0 Å². The first-order chi connectivity index (χ1) is 15.2. The fourth-order valence-electron chi connectivity index (χ4n) is 3.17. The molecule has 180 valence electrons. The van der Waals surface area contributed by atoms with Gasteiger partial charge in [0.1, 0.15) is 11.3 Å². The lowest BCUT2D eigenvalue weighted by Crippen LogP contribution is -2.03. The molecule has 1 aromatic rings. The molecule has 0 aliphatic rings. The van der Waals surface area contributed by atoms with Gasteiger partial charge < -0.3 is 14.6 Å². The van der Waals surface area contributed by atoms with E-state index in [2.05, 4.69) is 20.8 Å². The van der Waals surface area contributed by atoms with Crippen LogP contribution in [0.1, 0.15) is 121 Å². The Morgan fingerprint density at radius 3 is 1.68 bits per heavy atom. The number of para-hydroxylation sites is 1. The summed E-state index contributed by atoms with van der Waals surface area (Å²) in [5.74, 6) is -0.495. The first kappa shape index (κ1) is 29.5. The third-order valence-electron chi connectivity index (χ3n) is 5.16. The largest absolute Gasteiger partial charge is 0.493 e. The Balaban J connectivity index is 0.000000590. The van der Waals surface area contributed by atoms with Crippen LogP contribution in [0.4, 0.5) is 0 Å². The minimum atomic E-state index is -0.947. The van der Waals surface area contributed by atoms with Crippen molar-refractivity contribution in [3.63, 3.8) is 0 Å². The van der Waals surface area contributed by atoms with Crippen LogP contribution in [0.5, 0.6) is 5.75 Å². The number of ether oxygens (including phenoxy) is 2. The molecule has 0 aliphatic carbocycles. The van der Waals surface area contributed by atoms with Crippen molar-refractivity contribution in [2.75, 3.05) is 19.8 Å². The van der Waals surface area contributed by atoms with E-state index >= 15 is 0 Å². The number of aromatic carboxylic acids is 1. The summed E-state index contributed by atoms with van der Waals surface area (Å²) in [7, 11) is 0. The lowest BCUT2D eigenvalue weighted by molar-refractivity contribution is 0.0692. The van der Waals surface area contributed by atoms with Crippen molar-refractivity contribution in [1.29, 1.82) is 0 Å². The minimum absolute atomic E-state index is 0.226. The molecule has 1 N–H and O–H groups in total. The van der Waals surface area contributed by atoms with Crippen molar-refractivity contribution in [2.45, 2.75) is 111 Å². The molecule has 0 amide bonds. The maximum absolute atomic E-state index is 10.8. The molecular formula is C27H48O4. The van der Waals surface area contributed by atoms with Gasteiger partial charge in [0.2, 0.25) is 0 Å². The van der Waals surface area contributed by atoms with Gasteiger partial charge in [-0.1, -0.05) is 104 Å². The van der Waals surface area contributed by atoms with Gasteiger partial charge in [-0.2, -0.15) is 0 Å². The van der Waals surface area contributed by atoms with E-state index in [-0.39, 0.29) is 5.56 Å². The Labute approximate surface area is 191 Å². The molecule has 0 saturated carbocycles. The minimum Gasteiger partial charge on any atom is -0.493 e. The van der Waals surface area contributed by atoms with Gasteiger partial charge in [0.25, 0.3) is 0 Å². The molecule has 4 heteroatoms. The average molecular weight is 437 g/mol. The van der Waals surface area contributed by atoms with Crippen LogP contribution in [0, 0.1) is 0 Å². The van der Waals surface area contributed by atoms with E-state index in [9.17, 15) is 4.79 Å². The second-order valence-electron chi connectivity index (χ2n) is 8.15. The van der Waals surface area contributed by atoms with Crippen molar-refractivity contribution in [1.82, 2.24) is 0 Å². The number of benzene rings is 1. The maximum atomic E-state index is 10.8. The van der Waals surface area contributed by atoms with Crippen molar-refractivity contribution < 1.29 is 19.4 Å². The fraction of sp³-hybridized carbons (Fsp3) is 0.741. The van der Waals surface area contributed by atoms with Gasteiger partial charge in [-0.05, 0) is 31.4 Å². The first-order valence-electron chi connectivity index (χ1n) is 12.7. The van der Waals surface area contributed by atoms with Gasteiger partial charge in [0.15, 0.2) is 0 Å². The quantitative estimate of drug-likeness (QED) is 0.222. The number of carboxylic acids is 1. The molecule has 0 aromatic heterocycles. The van der Waals surface area contributed by atoms with Gasteiger partial charge in [0, 0.05) is 13.2 Å². The molecule has 0 bridgehead atoms. The molecule has 4 nitrogen and oxygen atoms in total. The highest BCUT2D eigenvalue weighted by Crippen LogP contribution is 2.17. The van der Waals surface area contributed by atoms with Gasteiger partial charge in [0.05, 0.1) is 6.61 Å². The second kappa shape index (κ2) is 23.1. The highest BCUT2D eigenvalue weighted by atomic mass is 16.5. The van der Waals surface area contributed by atoms with Gasteiger partial charge in [-0.15, -0.1) is 0 Å². The molecule has 0 aliphatic heterocycles. The highest BCUT2D eigenvalue weighted by Gasteiger charge is 2.09. The van der Waals surface area contributed by atoms with Crippen molar-refractivity contribution >= 4 is 5.97 Å². The standard InChI is InChI=1S/C16H34O.C11H14O3/c1-3-5-7-9-11-13-15-17-16-14-12-10-8-6-4-2;1-2-3-8-14-10-7-5-4-6-9(10)11(12)13/h3-16H2,1-2H3;4-7H,2-3,8H2,1H3,(H,12,13). The topological polar surface area (TPSA) is 55.8 Å². The van der Waals surface area contributed by atoms with Crippen molar-refractivity contribution in [3.05, 3.63) is 29.8 Å². The zero-order valence-electron chi connectivity index (χ0n) is 20.5. The molecule has 0 saturated heterocycles. The number of unbranched alkanes of at least 4 members (excludes halogenated alkanes) is 11. The molecule has 0 fully saturated rings. The number of hydrogen-bond donors (Lipinski definition) is 1. The van der Waals surface area contributed by atoms with Crippen LogP contribution in [-0.2, 0) is 4.74 Å². The summed E-state index contributed by atoms with van der Waals surface area (Å²) in [4.78, 5) is 10.8. The number of rotatable bonds is 19. The van der Waals surface area contributed by atoms with Crippen LogP contribution >= 0.6 is 0 Å². The molecule has 31 heavy (non-hydrogen) atoms. The molecule has 0 heterocycles. The van der Waals surface area contributed by atoms with E-state index in [0.29, 0.717) is 12.4 Å². The maximum Gasteiger partial charge on any atom is 0.339 e. The monoisotopic (exact) mass is 436 g/mol. The van der Waals surface area contributed by atoms with E-state index in [1.807, 2.05) is 0 Å². The van der Waals surface area contributed by atoms with E-state index < -0.39 is 5.97 Å². The summed E-state index contributed by atoms with van der Waals surface area (Å²) >= 11 is 0. The third kappa shape index (κ3) is 18.9. The molecular weight excluding hydrogens is 388 g/mol. The Morgan fingerprint density at radius 2 is 1.16 bits per heavy atom. The summed E-state index contributed by atoms with van der Waals surface area (Å²) < 4.78 is 11.0. The number of hydrogen-bond acceptors (Lipinski definition) is 3. The van der Waals surface area contributed by atoms with Gasteiger partial charge in [-0.25, -0.2) is 4.79 Å². The summed E-state index contributed by atoms with van der Waals surface area (Å²) in [6, 6.07) is 6.69. The summed E-state index contributed by atoms with van der Waals surface area (Å²) in [6.07, 6.45) is 18.3. The molecule has 1 rings (SSSR count). The summed E-state index contributed by atoms with van der Waals surface area (Å²) in [5.41, 5.74) is 0.226. The van der Waals surface area contributed by atoms with Gasteiger partial charge >= 0.3 is 5.97 Å². The molecule has 0 radical (unpaired) electrons. The van der Waals surface area contributed by atoms with Crippen LogP contribution < -0.4 is 4.74 Å². The lowest BCUT2D eigenvalue weighted by atomic mass is 10.1. The molecule has 1 aromatic carbocycles. The molecule has 0 unspecified atom stereocenters. The van der Waals surface area contributed by atoms with E-state index in [1.165, 1.54) is 77.0 Å². The predicted octanol–water partition coefficient (Wildman–Crippen LogP) is 8.29. The normalized spacial score (nSPS) is 10.4. The Morgan fingerprint density at radius 1 is 0.677 bits per heavy atom. The zero-order chi connectivity index (χ0) is 23.0. The lowest BCUT2D eigenvalue weighted by Gasteiger charge is -2.07. The average Bonchev–Trinajstić information content (AvgIpc) is 2.78. The first-order valence-corrected chi connectivity index (χ1v) is 12.7. The zero-order valence-corrected chi connectivity index (χ0v) is 20.5. The Kier molecular flexibility index (Phi) is 22.0. The van der Waals surface area contributed by atoms with Crippen LogP contribution in [0.2, 0.25) is 0 Å². The Bertz CT molecular complexity index is 502. The van der Waals surface area contributed by atoms with Crippen LogP contribution in [0.25, 0.3) is 0 Å². The third-order valence-corrected chi connectivity index (χ3v) is 5.16. The van der Waals surface area contributed by atoms with Crippen LogP contribution in [0.3, 0.4) is 0 Å². The SMILES string of the molecule is CCCCCCCCOCCCCCCCC.CCCCOc1ccccc1C(=O)O. The summed E-state index contributed by atoms with van der Waals surface area (Å²) in [6.45, 7) is 9.14. The highest BCUT2D eigenvalue weighted by molar-refractivity contribution is 5.90. The van der Waals surface area contributed by atoms with E-state index in [4.69, 9.17) is 14.6 Å². The van der Waals surface area contributed by atoms with Gasteiger partial charge in [-0.3, -0.25) is 0 Å². The summed E-state index contributed by atoms with van der Waals surface area (Å²) in [5, 5.41) is 8.84. The van der Waals surface area contributed by atoms with Crippen LogP contribution in [0.15, 0.2) is 24.3 Å². The molecule has 0 atom stereocenters. The predicted molar refractivity (Wildman–Crippen MR) is 131 cm³/mol. The molecule has 0 spiro atoms. The number of carbonyl (C=O) groups is 1. The van der Waals surface area contributed by atoms with E-state index in [0.717, 1.165) is 26.1 Å². The smallest absolute Gasteiger partial charge is 0.339 e. The number of carboxylic acid groups (broad SMARTS) is 1. The van der Waals surface area contributed by atoms with Crippen LogP contribution in [-0.4, -0.2) is 30.9 Å². The fourth-order valence-corrected chi connectivity index (χ4v) is 3.17. The van der Waals surface area contributed by atoms with E-state index in [1.54, 1.807) is 24.3 Å². The second-order valence-corrected chi connectivity index (χ2v) is 8.15. The van der Waals surface area contributed by atoms with Crippen molar-refractivity contribution in [3.8, 4) is 5.75 Å². The Hall–Kier alpha value is -1.55.